The molecule has 0 radical (unpaired) electrons. The fraction of sp³-hybridized carbons (Fsp3) is 0.250. The van der Waals surface area contributed by atoms with Crippen molar-refractivity contribution in [1.29, 1.82) is 0 Å². The van der Waals surface area contributed by atoms with Crippen molar-refractivity contribution in [3.05, 3.63) is 60.7 Å². The van der Waals surface area contributed by atoms with E-state index < -0.39 is 5.79 Å². The molecule has 3 heteroatoms. The molecule has 3 nitrogen and oxygen atoms in total. The van der Waals surface area contributed by atoms with E-state index in [4.69, 9.17) is 9.47 Å². The van der Waals surface area contributed by atoms with E-state index in [1.807, 2.05) is 60.7 Å². The molecule has 1 fully saturated rings. The maximum Gasteiger partial charge on any atom is 0.245 e. The molecule has 2 unspecified atom stereocenters. The minimum Gasteiger partial charge on any atom is -0.484 e. The Labute approximate surface area is 112 Å². The van der Waals surface area contributed by atoms with Crippen molar-refractivity contribution in [2.45, 2.75) is 24.7 Å². The molecule has 2 aromatic rings. The largest absolute Gasteiger partial charge is 0.484 e. The Morgan fingerprint density at radius 3 is 2.00 bits per heavy atom. The minimum absolute atomic E-state index is 0.324. The van der Waals surface area contributed by atoms with Gasteiger partial charge in [0.25, 0.3) is 0 Å². The number of rotatable bonds is 4. The molecule has 3 rings (SSSR count). The van der Waals surface area contributed by atoms with Gasteiger partial charge >= 0.3 is 0 Å². The zero-order valence-corrected chi connectivity index (χ0v) is 10.5. The van der Waals surface area contributed by atoms with Gasteiger partial charge in [-0.05, 0) is 30.7 Å². The maximum absolute atomic E-state index is 10.4. The van der Waals surface area contributed by atoms with Gasteiger partial charge < -0.3 is 14.6 Å². The lowest BCUT2D eigenvalue weighted by atomic mass is 9.87. The van der Waals surface area contributed by atoms with Crippen LogP contribution in [-0.2, 0) is 0 Å². The van der Waals surface area contributed by atoms with Gasteiger partial charge in [-0.3, -0.25) is 0 Å². The van der Waals surface area contributed by atoms with Crippen LogP contribution < -0.4 is 9.47 Å². The van der Waals surface area contributed by atoms with Crippen molar-refractivity contribution in [3.8, 4) is 11.5 Å². The SMILES string of the molecule is OC1(Oc2ccccc2)CCC1Oc1ccccc1. The summed E-state index contributed by atoms with van der Waals surface area (Å²) in [6, 6.07) is 18.8. The van der Waals surface area contributed by atoms with Crippen molar-refractivity contribution in [1.82, 2.24) is 0 Å². The molecule has 98 valence electrons. The lowest BCUT2D eigenvalue weighted by Crippen LogP contribution is -2.58. The number of para-hydroxylation sites is 2. The minimum atomic E-state index is -1.23. The van der Waals surface area contributed by atoms with Crippen molar-refractivity contribution >= 4 is 0 Å². The molecule has 0 bridgehead atoms. The van der Waals surface area contributed by atoms with E-state index in [0.29, 0.717) is 12.2 Å². The van der Waals surface area contributed by atoms with E-state index in [1.165, 1.54) is 0 Å². The van der Waals surface area contributed by atoms with Gasteiger partial charge in [-0.25, -0.2) is 0 Å². The Bertz CT molecular complexity index is 526. The van der Waals surface area contributed by atoms with Gasteiger partial charge in [-0.15, -0.1) is 0 Å². The molecule has 19 heavy (non-hydrogen) atoms. The highest BCUT2D eigenvalue weighted by molar-refractivity contribution is 5.24. The van der Waals surface area contributed by atoms with Gasteiger partial charge in [0.1, 0.15) is 11.5 Å². The van der Waals surface area contributed by atoms with Crippen LogP contribution in [-0.4, -0.2) is 17.0 Å². The summed E-state index contributed by atoms with van der Waals surface area (Å²) in [5.41, 5.74) is 0. The molecule has 0 aliphatic heterocycles. The van der Waals surface area contributed by atoms with Gasteiger partial charge in [-0.2, -0.15) is 0 Å². The van der Waals surface area contributed by atoms with E-state index in [9.17, 15) is 5.11 Å². The summed E-state index contributed by atoms with van der Waals surface area (Å²) in [5.74, 6) is 0.186. The molecule has 1 N–H and O–H groups in total. The highest BCUT2D eigenvalue weighted by atomic mass is 16.7. The number of ether oxygens (including phenoxy) is 2. The molecule has 0 amide bonds. The first-order valence-electron chi connectivity index (χ1n) is 6.44. The highest BCUT2D eigenvalue weighted by Gasteiger charge is 2.50. The first-order chi connectivity index (χ1) is 9.26. The van der Waals surface area contributed by atoms with Crippen LogP contribution in [0.5, 0.6) is 11.5 Å². The predicted octanol–water partition coefficient (Wildman–Crippen LogP) is 3.00. The van der Waals surface area contributed by atoms with E-state index in [1.54, 1.807) is 0 Å². The summed E-state index contributed by atoms with van der Waals surface area (Å²) >= 11 is 0. The number of hydrogen-bond acceptors (Lipinski definition) is 3. The molecule has 1 aliphatic rings. The average molecular weight is 256 g/mol. The van der Waals surface area contributed by atoms with E-state index >= 15 is 0 Å². The Hall–Kier alpha value is -2.00. The number of aliphatic hydroxyl groups is 1. The third-order valence-electron chi connectivity index (χ3n) is 3.33. The van der Waals surface area contributed by atoms with Gasteiger partial charge in [0.15, 0.2) is 6.10 Å². The Kier molecular flexibility index (Phi) is 3.13. The van der Waals surface area contributed by atoms with Crippen LogP contribution in [0.4, 0.5) is 0 Å². The molecule has 2 aromatic carbocycles. The third-order valence-corrected chi connectivity index (χ3v) is 3.33. The fourth-order valence-electron chi connectivity index (χ4n) is 2.13. The summed E-state index contributed by atoms with van der Waals surface area (Å²) in [6.45, 7) is 0. The topological polar surface area (TPSA) is 38.7 Å². The van der Waals surface area contributed by atoms with Crippen molar-refractivity contribution in [3.63, 3.8) is 0 Å². The van der Waals surface area contributed by atoms with Crippen LogP contribution in [0.25, 0.3) is 0 Å². The summed E-state index contributed by atoms with van der Waals surface area (Å²) < 4.78 is 11.4. The molecule has 0 spiro atoms. The molecular formula is C16H16O3. The highest BCUT2D eigenvalue weighted by Crippen LogP contribution is 2.37. The van der Waals surface area contributed by atoms with Crippen molar-refractivity contribution in [2.75, 3.05) is 0 Å². The van der Waals surface area contributed by atoms with Gasteiger partial charge in [0, 0.05) is 6.42 Å². The third kappa shape index (κ3) is 2.56. The summed E-state index contributed by atoms with van der Waals surface area (Å²) in [5, 5.41) is 10.4. The second-order valence-electron chi connectivity index (χ2n) is 4.72. The molecular weight excluding hydrogens is 240 g/mol. The zero-order valence-electron chi connectivity index (χ0n) is 10.5. The van der Waals surface area contributed by atoms with Gasteiger partial charge in [-0.1, -0.05) is 36.4 Å². The number of benzene rings is 2. The molecule has 2 atom stereocenters. The van der Waals surface area contributed by atoms with Crippen LogP contribution in [0.2, 0.25) is 0 Å². The summed E-state index contributed by atoms with van der Waals surface area (Å²) in [7, 11) is 0. The Balaban J connectivity index is 1.68. The molecule has 0 saturated heterocycles. The Morgan fingerprint density at radius 2 is 1.47 bits per heavy atom. The molecule has 0 heterocycles. The van der Waals surface area contributed by atoms with Crippen LogP contribution in [0, 0.1) is 0 Å². The lowest BCUT2D eigenvalue weighted by molar-refractivity contribution is -0.251. The van der Waals surface area contributed by atoms with Gasteiger partial charge in [0.05, 0.1) is 0 Å². The molecule has 1 saturated carbocycles. The van der Waals surface area contributed by atoms with E-state index in [2.05, 4.69) is 0 Å². The lowest BCUT2D eigenvalue weighted by Gasteiger charge is -2.44. The standard InChI is InChI=1S/C16H16O3/c17-16(19-14-9-5-2-6-10-14)12-11-15(16)18-13-7-3-1-4-8-13/h1-10,15,17H,11-12H2. The molecule has 1 aliphatic carbocycles. The Morgan fingerprint density at radius 1 is 0.895 bits per heavy atom. The van der Waals surface area contributed by atoms with Gasteiger partial charge in [0.2, 0.25) is 5.79 Å². The van der Waals surface area contributed by atoms with E-state index in [0.717, 1.165) is 12.2 Å². The smallest absolute Gasteiger partial charge is 0.245 e. The number of hydrogen-bond donors (Lipinski definition) is 1. The van der Waals surface area contributed by atoms with Crippen LogP contribution in [0.3, 0.4) is 0 Å². The molecule has 0 aromatic heterocycles. The average Bonchev–Trinajstić information content (AvgIpc) is 2.46. The second-order valence-corrected chi connectivity index (χ2v) is 4.72. The maximum atomic E-state index is 10.4. The van der Waals surface area contributed by atoms with Crippen molar-refractivity contribution < 1.29 is 14.6 Å². The van der Waals surface area contributed by atoms with Crippen LogP contribution in [0.15, 0.2) is 60.7 Å². The first-order valence-corrected chi connectivity index (χ1v) is 6.44. The monoisotopic (exact) mass is 256 g/mol. The van der Waals surface area contributed by atoms with E-state index in [-0.39, 0.29) is 6.10 Å². The summed E-state index contributed by atoms with van der Waals surface area (Å²) in [6.07, 6.45) is 1.05. The summed E-state index contributed by atoms with van der Waals surface area (Å²) in [4.78, 5) is 0. The zero-order chi connectivity index (χ0) is 13.1. The fourth-order valence-corrected chi connectivity index (χ4v) is 2.13. The predicted molar refractivity (Wildman–Crippen MR) is 72.1 cm³/mol. The first kappa shape index (κ1) is 12.1. The normalized spacial score (nSPS) is 25.4. The van der Waals surface area contributed by atoms with Crippen LogP contribution >= 0.6 is 0 Å². The van der Waals surface area contributed by atoms with Crippen molar-refractivity contribution in [2.24, 2.45) is 0 Å². The second kappa shape index (κ2) is 4.94. The van der Waals surface area contributed by atoms with Crippen LogP contribution in [0.1, 0.15) is 12.8 Å². The quantitative estimate of drug-likeness (QED) is 0.855.